The van der Waals surface area contributed by atoms with E-state index in [0.717, 1.165) is 5.69 Å². The Kier molecular flexibility index (Phi) is 4.27. The molecule has 2 aromatic rings. The van der Waals surface area contributed by atoms with Crippen molar-refractivity contribution in [3.05, 3.63) is 42.2 Å². The topological polar surface area (TPSA) is 67.1 Å². The summed E-state index contributed by atoms with van der Waals surface area (Å²) in [6.07, 6.45) is -4.64. The van der Waals surface area contributed by atoms with Crippen LogP contribution in [0.1, 0.15) is 12.7 Å². The Hall–Kier alpha value is -2.35. The van der Waals surface area contributed by atoms with E-state index >= 15 is 0 Å². The van der Waals surface area contributed by atoms with Crippen LogP contribution in [0.25, 0.3) is 0 Å². The standard InChI is InChI=1S/C13H14F3N5/c1-2-21(9-6-4-3-5-7-9)11-8-10(20-17)18-12(19-11)13(14,15)16/h3-8H,2,17H2,1H3,(H,18,19,20). The molecule has 21 heavy (non-hydrogen) atoms. The minimum atomic E-state index is -4.64. The molecule has 1 heterocycles. The highest BCUT2D eigenvalue weighted by molar-refractivity contribution is 5.62. The molecule has 5 nitrogen and oxygen atoms in total. The molecular weight excluding hydrogens is 283 g/mol. The van der Waals surface area contributed by atoms with Crippen LogP contribution < -0.4 is 16.2 Å². The van der Waals surface area contributed by atoms with Crippen molar-refractivity contribution >= 4 is 17.3 Å². The van der Waals surface area contributed by atoms with Gasteiger partial charge in [-0.1, -0.05) is 18.2 Å². The summed E-state index contributed by atoms with van der Waals surface area (Å²) in [5.41, 5.74) is 2.86. The number of rotatable bonds is 4. The Bertz CT molecular complexity index is 601. The quantitative estimate of drug-likeness (QED) is 0.671. The van der Waals surface area contributed by atoms with Crippen molar-refractivity contribution in [1.82, 2.24) is 9.97 Å². The van der Waals surface area contributed by atoms with Crippen LogP contribution in [0, 0.1) is 0 Å². The summed E-state index contributed by atoms with van der Waals surface area (Å²) in [6, 6.07) is 10.4. The van der Waals surface area contributed by atoms with Crippen molar-refractivity contribution in [3.8, 4) is 0 Å². The maximum absolute atomic E-state index is 12.8. The number of hydrogen-bond acceptors (Lipinski definition) is 5. The SMILES string of the molecule is CCN(c1ccccc1)c1cc(NN)nc(C(F)(F)F)n1. The van der Waals surface area contributed by atoms with Crippen LogP contribution in [-0.2, 0) is 6.18 Å². The highest BCUT2D eigenvalue weighted by atomic mass is 19.4. The van der Waals surface area contributed by atoms with Crippen molar-refractivity contribution in [1.29, 1.82) is 0 Å². The van der Waals surface area contributed by atoms with E-state index in [9.17, 15) is 13.2 Å². The normalized spacial score (nSPS) is 11.3. The Labute approximate surface area is 119 Å². The fourth-order valence-corrected chi connectivity index (χ4v) is 1.86. The van der Waals surface area contributed by atoms with Crippen LogP contribution in [0.15, 0.2) is 36.4 Å². The molecule has 0 fully saturated rings. The molecule has 112 valence electrons. The van der Waals surface area contributed by atoms with E-state index in [0.29, 0.717) is 6.54 Å². The first-order valence-corrected chi connectivity index (χ1v) is 6.21. The molecule has 0 saturated carbocycles. The molecule has 0 spiro atoms. The molecule has 0 aliphatic carbocycles. The highest BCUT2D eigenvalue weighted by Crippen LogP contribution is 2.31. The van der Waals surface area contributed by atoms with Gasteiger partial charge >= 0.3 is 6.18 Å². The Morgan fingerprint density at radius 3 is 2.38 bits per heavy atom. The number of nitrogens with two attached hydrogens (primary N) is 1. The van der Waals surface area contributed by atoms with Gasteiger partial charge in [0.05, 0.1) is 0 Å². The van der Waals surface area contributed by atoms with Gasteiger partial charge in [0.2, 0.25) is 5.82 Å². The first kappa shape index (κ1) is 15.0. The van der Waals surface area contributed by atoms with Crippen molar-refractivity contribution in [2.24, 2.45) is 5.84 Å². The van der Waals surface area contributed by atoms with Crippen LogP contribution in [0.2, 0.25) is 0 Å². The van der Waals surface area contributed by atoms with Gasteiger partial charge in [-0.3, -0.25) is 0 Å². The smallest absolute Gasteiger partial charge is 0.326 e. The van der Waals surface area contributed by atoms with E-state index in [4.69, 9.17) is 5.84 Å². The summed E-state index contributed by atoms with van der Waals surface area (Å²) in [6.45, 7) is 2.26. The van der Waals surface area contributed by atoms with Gasteiger partial charge in [0.25, 0.3) is 0 Å². The summed E-state index contributed by atoms with van der Waals surface area (Å²) in [5, 5.41) is 0. The fourth-order valence-electron chi connectivity index (χ4n) is 1.86. The Morgan fingerprint density at radius 1 is 1.19 bits per heavy atom. The van der Waals surface area contributed by atoms with Crippen LogP contribution in [-0.4, -0.2) is 16.5 Å². The second kappa shape index (κ2) is 5.96. The van der Waals surface area contributed by atoms with Gasteiger partial charge in [-0.15, -0.1) is 0 Å². The number of alkyl halides is 3. The lowest BCUT2D eigenvalue weighted by molar-refractivity contribution is -0.144. The lowest BCUT2D eigenvalue weighted by Gasteiger charge is -2.23. The third-order valence-corrected chi connectivity index (χ3v) is 2.77. The molecule has 0 radical (unpaired) electrons. The van der Waals surface area contributed by atoms with E-state index in [-0.39, 0.29) is 11.6 Å². The number of para-hydroxylation sites is 1. The van der Waals surface area contributed by atoms with Crippen LogP contribution in [0.4, 0.5) is 30.5 Å². The maximum atomic E-state index is 12.8. The average molecular weight is 297 g/mol. The second-order valence-electron chi connectivity index (χ2n) is 4.16. The van der Waals surface area contributed by atoms with E-state index in [2.05, 4.69) is 15.4 Å². The molecule has 1 aromatic heterocycles. The summed E-state index contributed by atoms with van der Waals surface area (Å²) in [7, 11) is 0. The number of nitrogens with one attached hydrogen (secondary N) is 1. The van der Waals surface area contributed by atoms with Gasteiger partial charge in [-0.2, -0.15) is 13.2 Å². The van der Waals surface area contributed by atoms with Gasteiger partial charge in [0, 0.05) is 18.3 Å². The van der Waals surface area contributed by atoms with Crippen LogP contribution in [0.5, 0.6) is 0 Å². The zero-order valence-corrected chi connectivity index (χ0v) is 11.2. The fraction of sp³-hybridized carbons (Fsp3) is 0.231. The minimum absolute atomic E-state index is 0.0956. The van der Waals surface area contributed by atoms with Crippen molar-refractivity contribution in [2.75, 3.05) is 16.9 Å². The predicted octanol–water partition coefficient (Wildman–Crippen LogP) is 2.94. The van der Waals surface area contributed by atoms with E-state index < -0.39 is 12.0 Å². The largest absolute Gasteiger partial charge is 0.451 e. The Balaban J connectivity index is 2.51. The van der Waals surface area contributed by atoms with E-state index in [1.165, 1.54) is 6.07 Å². The predicted molar refractivity (Wildman–Crippen MR) is 74.0 cm³/mol. The van der Waals surface area contributed by atoms with Crippen LogP contribution in [0.3, 0.4) is 0 Å². The second-order valence-corrected chi connectivity index (χ2v) is 4.16. The summed E-state index contributed by atoms with van der Waals surface area (Å²) < 4.78 is 38.5. The molecule has 1 aromatic carbocycles. The molecule has 0 aliphatic rings. The third kappa shape index (κ3) is 3.40. The molecule has 0 unspecified atom stereocenters. The average Bonchev–Trinajstić information content (AvgIpc) is 2.48. The van der Waals surface area contributed by atoms with E-state index in [1.54, 1.807) is 29.2 Å². The molecule has 3 N–H and O–H groups in total. The first-order chi connectivity index (χ1) is 9.95. The van der Waals surface area contributed by atoms with Gasteiger partial charge in [-0.05, 0) is 19.1 Å². The van der Waals surface area contributed by atoms with E-state index in [1.807, 2.05) is 13.0 Å². The first-order valence-electron chi connectivity index (χ1n) is 6.21. The number of nitrogen functional groups attached to an aromatic ring is 1. The highest BCUT2D eigenvalue weighted by Gasteiger charge is 2.36. The Morgan fingerprint density at radius 2 is 1.86 bits per heavy atom. The number of hydrazine groups is 1. The molecule has 0 bridgehead atoms. The number of halogens is 3. The molecule has 0 saturated heterocycles. The maximum Gasteiger partial charge on any atom is 0.451 e. The van der Waals surface area contributed by atoms with Gasteiger partial charge in [0.1, 0.15) is 11.6 Å². The van der Waals surface area contributed by atoms with Gasteiger partial charge < -0.3 is 10.3 Å². The number of nitrogens with zero attached hydrogens (tertiary/aromatic N) is 3. The summed E-state index contributed by atoms with van der Waals surface area (Å²) in [4.78, 5) is 8.57. The lowest BCUT2D eigenvalue weighted by Crippen LogP contribution is -2.22. The van der Waals surface area contributed by atoms with Crippen LogP contribution >= 0.6 is 0 Å². The van der Waals surface area contributed by atoms with Gasteiger partial charge in [0.15, 0.2) is 0 Å². The number of anilines is 3. The molecule has 0 aliphatic heterocycles. The van der Waals surface area contributed by atoms with Crippen molar-refractivity contribution in [2.45, 2.75) is 13.1 Å². The molecule has 2 rings (SSSR count). The number of benzene rings is 1. The zero-order chi connectivity index (χ0) is 15.5. The third-order valence-electron chi connectivity index (χ3n) is 2.77. The lowest BCUT2D eigenvalue weighted by atomic mass is 10.3. The van der Waals surface area contributed by atoms with Gasteiger partial charge in [-0.25, -0.2) is 15.8 Å². The monoisotopic (exact) mass is 297 g/mol. The minimum Gasteiger partial charge on any atom is -0.326 e. The summed E-state index contributed by atoms with van der Waals surface area (Å²) in [5.74, 6) is 3.98. The molecule has 8 heteroatoms. The van der Waals surface area contributed by atoms with Crippen molar-refractivity contribution < 1.29 is 13.2 Å². The molecule has 0 atom stereocenters. The zero-order valence-electron chi connectivity index (χ0n) is 11.2. The number of aromatic nitrogens is 2. The molecule has 0 amide bonds. The van der Waals surface area contributed by atoms with Crippen molar-refractivity contribution in [3.63, 3.8) is 0 Å². The number of hydrogen-bond donors (Lipinski definition) is 2. The summed E-state index contributed by atoms with van der Waals surface area (Å²) >= 11 is 0. The molecular formula is C13H14F3N5.